The minimum atomic E-state index is -3.98. The second-order valence-corrected chi connectivity index (χ2v) is 18.5. The standard InChI is InChI=1S/C41H54N8O7S/c1-5-42-38(53)44-30-19-14-20-32-34(30)45-39(49(32)26(2)3)56-29-23-33-35(50)46-41(37(52)47-57(54,55)40(4)21-22-40)24-27(41)15-10-7-6-8-13-18-31(36(51)48(33)25-29)43-28-16-11-9-12-17-28/h9-12,14-17,19-20,26-27,29,31,33,43H,5-8,13,18,21-25H2,1-4H3,(H,46,50)(H,47,52)(H2,42,44,53)/b15-10-/t27-,29+,31-,33-,41+/m0/s1. The second kappa shape index (κ2) is 16.0. The van der Waals surface area contributed by atoms with Crippen molar-refractivity contribution in [1.82, 2.24) is 29.8 Å². The minimum Gasteiger partial charge on any atom is -0.459 e. The normalized spacial score (nSPS) is 26.6. The monoisotopic (exact) mass is 802 g/mol. The van der Waals surface area contributed by atoms with Gasteiger partial charge >= 0.3 is 6.03 Å². The highest BCUT2D eigenvalue weighted by Crippen LogP contribution is 2.47. The van der Waals surface area contributed by atoms with Crippen molar-refractivity contribution in [2.45, 2.75) is 120 Å². The van der Waals surface area contributed by atoms with Gasteiger partial charge in [-0.2, -0.15) is 4.98 Å². The maximum Gasteiger partial charge on any atom is 0.319 e. The van der Waals surface area contributed by atoms with Crippen LogP contribution in [0.25, 0.3) is 11.0 Å². The number of urea groups is 1. The number of allylic oxidation sites excluding steroid dienone is 1. The van der Waals surface area contributed by atoms with Crippen LogP contribution in [-0.4, -0.2) is 88.2 Å². The number of benzene rings is 2. The van der Waals surface area contributed by atoms with Gasteiger partial charge in [0.05, 0.1) is 22.5 Å². The molecule has 4 aliphatic rings. The lowest BCUT2D eigenvalue weighted by atomic mass is 10.0. The average molecular weight is 803 g/mol. The minimum absolute atomic E-state index is 0.0600. The molecule has 0 radical (unpaired) electrons. The van der Waals surface area contributed by atoms with Gasteiger partial charge in [0, 0.05) is 30.6 Å². The molecule has 5 amide bonds. The average Bonchev–Trinajstić information content (AvgIpc) is 3.99. The second-order valence-electron chi connectivity index (χ2n) is 16.3. The molecule has 1 aromatic heterocycles. The lowest BCUT2D eigenvalue weighted by Crippen LogP contribution is -2.58. The molecule has 5 atom stereocenters. The Morgan fingerprint density at radius 2 is 1.82 bits per heavy atom. The zero-order valence-electron chi connectivity index (χ0n) is 33.0. The number of hydrogen-bond donors (Lipinski definition) is 5. The van der Waals surface area contributed by atoms with Crippen LogP contribution < -0.4 is 30.7 Å². The predicted molar refractivity (Wildman–Crippen MR) is 217 cm³/mol. The predicted octanol–water partition coefficient (Wildman–Crippen LogP) is 4.98. The summed E-state index contributed by atoms with van der Waals surface area (Å²) in [7, 11) is -3.98. The Balaban J connectivity index is 1.21. The van der Waals surface area contributed by atoms with E-state index in [4.69, 9.17) is 9.72 Å². The first-order valence-corrected chi connectivity index (χ1v) is 21.6. The first-order chi connectivity index (χ1) is 27.2. The van der Waals surface area contributed by atoms with Gasteiger partial charge in [0.2, 0.25) is 21.8 Å². The third-order valence-corrected chi connectivity index (χ3v) is 13.8. The summed E-state index contributed by atoms with van der Waals surface area (Å²) in [5, 5.41) is 12.0. The Morgan fingerprint density at radius 1 is 1.05 bits per heavy atom. The fraction of sp³-hybridized carbons (Fsp3) is 0.537. The molecular weight excluding hydrogens is 749 g/mol. The van der Waals surface area contributed by atoms with E-state index in [2.05, 4.69) is 26.0 Å². The summed E-state index contributed by atoms with van der Waals surface area (Å²) < 4.78 is 36.2. The van der Waals surface area contributed by atoms with E-state index in [1.165, 1.54) is 4.90 Å². The van der Waals surface area contributed by atoms with E-state index in [-0.39, 0.29) is 43.4 Å². The van der Waals surface area contributed by atoms with Gasteiger partial charge in [0.25, 0.3) is 11.9 Å². The summed E-state index contributed by atoms with van der Waals surface area (Å²) in [6.07, 6.45) is 8.24. The highest BCUT2D eigenvalue weighted by Gasteiger charge is 2.63. The van der Waals surface area contributed by atoms with Crippen LogP contribution in [-0.2, 0) is 24.4 Å². The Kier molecular flexibility index (Phi) is 11.3. The molecule has 0 spiro atoms. The van der Waals surface area contributed by atoms with E-state index in [0.29, 0.717) is 37.0 Å². The van der Waals surface area contributed by atoms with Crippen LogP contribution in [0.3, 0.4) is 0 Å². The van der Waals surface area contributed by atoms with Crippen molar-refractivity contribution in [2.75, 3.05) is 23.7 Å². The molecule has 2 aromatic carbocycles. The van der Waals surface area contributed by atoms with Gasteiger partial charge in [-0.3, -0.25) is 23.7 Å². The molecule has 16 heteroatoms. The number of rotatable bonds is 10. The zero-order valence-corrected chi connectivity index (χ0v) is 33.9. The number of amides is 5. The molecule has 3 heterocycles. The Bertz CT molecular complexity index is 2150. The summed E-state index contributed by atoms with van der Waals surface area (Å²) in [4.78, 5) is 62.1. The summed E-state index contributed by atoms with van der Waals surface area (Å²) in [6.45, 7) is 7.92. The summed E-state index contributed by atoms with van der Waals surface area (Å²) in [5.74, 6) is -2.02. The van der Waals surface area contributed by atoms with Crippen molar-refractivity contribution in [3.8, 4) is 6.01 Å². The van der Waals surface area contributed by atoms with Gasteiger partial charge < -0.3 is 30.9 Å². The van der Waals surface area contributed by atoms with Gasteiger partial charge in [-0.05, 0) is 90.5 Å². The number of sulfonamides is 1. The fourth-order valence-corrected chi connectivity index (χ4v) is 9.25. The van der Waals surface area contributed by atoms with Gasteiger partial charge in [0.15, 0.2) is 0 Å². The maximum atomic E-state index is 14.7. The molecule has 57 heavy (non-hydrogen) atoms. The van der Waals surface area contributed by atoms with Crippen molar-refractivity contribution in [2.24, 2.45) is 5.92 Å². The Labute approximate surface area is 333 Å². The number of carbonyl (C=O) groups excluding carboxylic acids is 4. The molecule has 2 aliphatic heterocycles. The van der Waals surface area contributed by atoms with Crippen LogP contribution >= 0.6 is 0 Å². The van der Waals surface area contributed by atoms with Crippen molar-refractivity contribution in [3.63, 3.8) is 0 Å². The van der Waals surface area contributed by atoms with E-state index in [0.717, 1.165) is 36.9 Å². The first kappa shape index (κ1) is 40.1. The molecule has 3 fully saturated rings. The molecule has 1 saturated heterocycles. The van der Waals surface area contributed by atoms with Crippen LogP contribution in [0.15, 0.2) is 60.7 Å². The van der Waals surface area contributed by atoms with Crippen molar-refractivity contribution in [1.29, 1.82) is 0 Å². The lowest BCUT2D eigenvalue weighted by molar-refractivity contribution is -0.140. The quantitative estimate of drug-likeness (QED) is 0.176. The largest absolute Gasteiger partial charge is 0.459 e. The van der Waals surface area contributed by atoms with Gasteiger partial charge in [0.1, 0.15) is 29.2 Å². The molecule has 3 aromatic rings. The molecule has 306 valence electrons. The fourth-order valence-electron chi connectivity index (χ4n) is 7.94. The number of nitrogens with zero attached hydrogens (tertiary/aromatic N) is 3. The molecule has 2 saturated carbocycles. The molecule has 2 aliphatic carbocycles. The van der Waals surface area contributed by atoms with Crippen LogP contribution in [0.2, 0.25) is 0 Å². The first-order valence-electron chi connectivity index (χ1n) is 20.2. The van der Waals surface area contributed by atoms with Crippen LogP contribution in [0, 0.1) is 5.92 Å². The number of para-hydroxylation sites is 2. The summed E-state index contributed by atoms with van der Waals surface area (Å²) >= 11 is 0. The molecule has 15 nitrogen and oxygen atoms in total. The highest BCUT2D eigenvalue weighted by atomic mass is 32.2. The highest BCUT2D eigenvalue weighted by molar-refractivity contribution is 7.91. The molecular formula is C41H54N8O7S. The third-order valence-electron chi connectivity index (χ3n) is 11.7. The van der Waals surface area contributed by atoms with E-state index < -0.39 is 56.2 Å². The zero-order chi connectivity index (χ0) is 40.5. The van der Waals surface area contributed by atoms with E-state index in [1.807, 2.05) is 80.0 Å². The number of ether oxygens (including phenoxy) is 1. The number of anilines is 2. The SMILES string of the molecule is CCNC(=O)Nc1cccc2c1nc(O[C@@H]1C[C@H]3C(=O)N[C@]4(C(=O)NS(=O)(=O)C5(C)CC5)C[C@@H]4/C=C\CCCCC[C@H](Nc4ccccc4)C(=O)N3C1)n2C(C)C. The van der Waals surface area contributed by atoms with Gasteiger partial charge in [-0.15, -0.1) is 0 Å². The molecule has 7 rings (SSSR count). The van der Waals surface area contributed by atoms with Crippen molar-refractivity contribution in [3.05, 3.63) is 60.7 Å². The lowest BCUT2D eigenvalue weighted by Gasteiger charge is -2.30. The summed E-state index contributed by atoms with van der Waals surface area (Å²) in [5.41, 5.74) is 1.05. The van der Waals surface area contributed by atoms with Crippen molar-refractivity contribution < 1.29 is 32.3 Å². The van der Waals surface area contributed by atoms with Gasteiger partial charge in [-0.1, -0.05) is 49.3 Å². The smallest absolute Gasteiger partial charge is 0.319 e. The Morgan fingerprint density at radius 3 is 2.54 bits per heavy atom. The van der Waals surface area contributed by atoms with Gasteiger partial charge in [-0.25, -0.2) is 13.2 Å². The van der Waals surface area contributed by atoms with Crippen LogP contribution in [0.1, 0.15) is 91.5 Å². The number of fused-ring (bicyclic) bond motifs is 3. The number of carbonyl (C=O) groups is 4. The van der Waals surface area contributed by atoms with Crippen molar-refractivity contribution >= 4 is 56.2 Å². The maximum absolute atomic E-state index is 14.7. The molecule has 0 unspecified atom stereocenters. The van der Waals surface area contributed by atoms with E-state index in [1.54, 1.807) is 13.0 Å². The van der Waals surface area contributed by atoms with E-state index >= 15 is 0 Å². The molecule has 0 bridgehead atoms. The molecule has 5 N–H and O–H groups in total. The number of imidazole rings is 1. The number of nitrogens with one attached hydrogen (secondary N) is 5. The number of aromatic nitrogens is 2. The number of hydrogen-bond acceptors (Lipinski definition) is 9. The Hall–Kier alpha value is -5.12. The third kappa shape index (κ3) is 8.32. The van der Waals surface area contributed by atoms with E-state index in [9.17, 15) is 27.6 Å². The van der Waals surface area contributed by atoms with Crippen LogP contribution in [0.4, 0.5) is 16.2 Å². The topological polar surface area (TPSA) is 193 Å². The van der Waals surface area contributed by atoms with Crippen LogP contribution in [0.5, 0.6) is 6.01 Å². The summed E-state index contributed by atoms with van der Waals surface area (Å²) in [6, 6.07) is 13.1.